The molecule has 0 bridgehead atoms. The number of carbonyl (C=O) groups is 1. The summed E-state index contributed by atoms with van der Waals surface area (Å²) in [5.74, 6) is -0.496. The summed E-state index contributed by atoms with van der Waals surface area (Å²) < 4.78 is 44.4. The van der Waals surface area contributed by atoms with Gasteiger partial charge in [-0.3, -0.25) is 4.79 Å². The lowest BCUT2D eigenvalue weighted by Gasteiger charge is -2.11. The van der Waals surface area contributed by atoms with Gasteiger partial charge in [0.1, 0.15) is 10.8 Å². The summed E-state index contributed by atoms with van der Waals surface area (Å²) in [7, 11) is 0. The molecule has 0 aliphatic rings. The lowest BCUT2D eigenvalue weighted by Crippen LogP contribution is -2.17. The maximum absolute atomic E-state index is 12.2. The van der Waals surface area contributed by atoms with Crippen molar-refractivity contribution in [2.45, 2.75) is 20.2 Å². The maximum Gasteiger partial charge on any atom is 0.573 e. The number of nitrogens with zero attached hydrogens (tertiary/aromatic N) is 1. The van der Waals surface area contributed by atoms with E-state index in [1.165, 1.54) is 25.1 Å². The topological polar surface area (TPSA) is 51.2 Å². The predicted molar refractivity (Wildman–Crippen MR) is 73.3 cm³/mol. The van der Waals surface area contributed by atoms with Gasteiger partial charge < -0.3 is 10.1 Å². The van der Waals surface area contributed by atoms with Gasteiger partial charge in [0.05, 0.1) is 11.3 Å². The van der Waals surface area contributed by atoms with Crippen LogP contribution in [0.15, 0.2) is 24.3 Å². The minimum absolute atomic E-state index is 0.161. The average molecular weight is 316 g/mol. The van der Waals surface area contributed by atoms with Gasteiger partial charge in [-0.15, -0.1) is 13.2 Å². The van der Waals surface area contributed by atoms with Crippen molar-refractivity contribution >= 4 is 28.0 Å². The Morgan fingerprint density at radius 2 is 2.10 bits per heavy atom. The molecule has 1 N–H and O–H groups in total. The van der Waals surface area contributed by atoms with Crippen LogP contribution in [0.25, 0.3) is 0 Å². The molecule has 21 heavy (non-hydrogen) atoms. The van der Waals surface area contributed by atoms with Crippen LogP contribution in [0.4, 0.5) is 23.9 Å². The summed E-state index contributed by atoms with van der Waals surface area (Å²) in [6.07, 6.45) is -4.75. The first-order valence-corrected chi connectivity index (χ1v) is 6.63. The molecule has 0 aliphatic carbocycles. The van der Waals surface area contributed by atoms with Crippen LogP contribution in [0.3, 0.4) is 0 Å². The Labute approximate surface area is 122 Å². The summed E-state index contributed by atoms with van der Waals surface area (Å²) in [5.41, 5.74) is 1.39. The minimum Gasteiger partial charge on any atom is -0.406 e. The number of nitrogens with one attached hydrogen (secondary N) is 1. The zero-order valence-corrected chi connectivity index (χ0v) is 11.9. The smallest absolute Gasteiger partial charge is 0.406 e. The van der Waals surface area contributed by atoms with Crippen molar-refractivity contribution in [1.82, 2.24) is 4.37 Å². The van der Waals surface area contributed by atoms with Crippen LogP contribution in [-0.2, 0) is 0 Å². The van der Waals surface area contributed by atoms with Crippen molar-refractivity contribution in [3.05, 3.63) is 35.5 Å². The highest BCUT2D eigenvalue weighted by atomic mass is 32.1. The number of halogens is 3. The number of Topliss-reactive ketones (excluding diaryl/α,β-unsaturated/α-hetero) is 1. The second kappa shape index (κ2) is 5.72. The number of aromatic nitrogens is 1. The van der Waals surface area contributed by atoms with Crippen LogP contribution < -0.4 is 10.1 Å². The Morgan fingerprint density at radius 3 is 2.71 bits per heavy atom. The molecular weight excluding hydrogens is 305 g/mol. The minimum atomic E-state index is -4.75. The number of ketones is 1. The van der Waals surface area contributed by atoms with Crippen molar-refractivity contribution in [3.8, 4) is 5.75 Å². The molecule has 0 saturated heterocycles. The molecular formula is C13H11F3N2O2S. The summed E-state index contributed by atoms with van der Waals surface area (Å²) in [6, 6.07) is 5.39. The van der Waals surface area contributed by atoms with E-state index in [9.17, 15) is 18.0 Å². The lowest BCUT2D eigenvalue weighted by molar-refractivity contribution is -0.274. The fraction of sp³-hybridized carbons (Fsp3) is 0.231. The number of hydrogen-bond acceptors (Lipinski definition) is 5. The van der Waals surface area contributed by atoms with E-state index in [1.807, 2.05) is 0 Å². The molecule has 0 fully saturated rings. The van der Waals surface area contributed by atoms with Crippen LogP contribution in [0, 0.1) is 6.92 Å². The molecule has 0 amide bonds. The number of anilines is 2. The van der Waals surface area contributed by atoms with E-state index in [1.54, 1.807) is 13.0 Å². The van der Waals surface area contributed by atoms with Crippen molar-refractivity contribution in [3.63, 3.8) is 0 Å². The molecule has 1 heterocycles. The molecule has 0 radical (unpaired) electrons. The van der Waals surface area contributed by atoms with Crippen molar-refractivity contribution in [2.24, 2.45) is 0 Å². The van der Waals surface area contributed by atoms with Gasteiger partial charge in [-0.25, -0.2) is 0 Å². The van der Waals surface area contributed by atoms with Gasteiger partial charge in [-0.05, 0) is 37.5 Å². The SMILES string of the molecule is CC(=O)c1c(C)nsc1Nc1cccc(OC(F)(F)F)c1. The first kappa shape index (κ1) is 15.3. The fourth-order valence-corrected chi connectivity index (χ4v) is 2.64. The van der Waals surface area contributed by atoms with E-state index in [0.29, 0.717) is 21.9 Å². The first-order chi connectivity index (χ1) is 9.76. The third kappa shape index (κ3) is 3.94. The Hall–Kier alpha value is -2.09. The summed E-state index contributed by atoms with van der Waals surface area (Å²) in [5, 5.41) is 3.38. The molecule has 2 aromatic rings. The molecule has 1 aromatic heterocycles. The Balaban J connectivity index is 2.25. The molecule has 8 heteroatoms. The highest BCUT2D eigenvalue weighted by Gasteiger charge is 2.31. The highest BCUT2D eigenvalue weighted by molar-refractivity contribution is 7.10. The van der Waals surface area contributed by atoms with Gasteiger partial charge >= 0.3 is 6.36 Å². The summed E-state index contributed by atoms with van der Waals surface area (Å²) in [4.78, 5) is 11.5. The molecule has 112 valence electrons. The maximum atomic E-state index is 12.2. The third-order valence-electron chi connectivity index (χ3n) is 2.54. The molecule has 1 aromatic carbocycles. The average Bonchev–Trinajstić information content (AvgIpc) is 2.68. The van der Waals surface area contributed by atoms with E-state index in [4.69, 9.17) is 0 Å². The fourth-order valence-electron chi connectivity index (χ4n) is 1.77. The Bertz CT molecular complexity index is 668. The Morgan fingerprint density at radius 1 is 1.38 bits per heavy atom. The van der Waals surface area contributed by atoms with Crippen LogP contribution in [0.1, 0.15) is 23.0 Å². The number of benzene rings is 1. The number of alkyl halides is 3. The van der Waals surface area contributed by atoms with Crippen LogP contribution >= 0.6 is 11.5 Å². The van der Waals surface area contributed by atoms with Crippen molar-refractivity contribution in [2.75, 3.05) is 5.32 Å². The quantitative estimate of drug-likeness (QED) is 0.855. The normalized spacial score (nSPS) is 11.3. The standard InChI is InChI=1S/C13H11F3N2O2S/c1-7-11(8(2)19)12(21-18-7)17-9-4-3-5-10(6-9)20-13(14,15)16/h3-6,17H,1-2H3. The van der Waals surface area contributed by atoms with Gasteiger partial charge in [0, 0.05) is 11.8 Å². The van der Waals surface area contributed by atoms with Gasteiger partial charge in [0.25, 0.3) is 0 Å². The van der Waals surface area contributed by atoms with Crippen LogP contribution in [-0.4, -0.2) is 16.5 Å². The largest absolute Gasteiger partial charge is 0.573 e. The zero-order valence-electron chi connectivity index (χ0n) is 11.1. The van der Waals surface area contributed by atoms with Gasteiger partial charge in [-0.1, -0.05) is 6.07 Å². The summed E-state index contributed by atoms with van der Waals surface area (Å²) in [6.45, 7) is 3.10. The Kier molecular flexibility index (Phi) is 4.17. The second-order valence-corrected chi connectivity index (χ2v) is 5.00. The number of aryl methyl sites for hydroxylation is 1. The van der Waals surface area contributed by atoms with E-state index in [0.717, 1.165) is 11.5 Å². The van der Waals surface area contributed by atoms with Crippen LogP contribution in [0.2, 0.25) is 0 Å². The molecule has 2 rings (SSSR count). The molecule has 4 nitrogen and oxygen atoms in total. The van der Waals surface area contributed by atoms with E-state index in [-0.39, 0.29) is 11.5 Å². The third-order valence-corrected chi connectivity index (χ3v) is 3.39. The van der Waals surface area contributed by atoms with E-state index >= 15 is 0 Å². The summed E-state index contributed by atoms with van der Waals surface area (Å²) >= 11 is 1.07. The van der Waals surface area contributed by atoms with Gasteiger partial charge in [0.2, 0.25) is 0 Å². The highest BCUT2D eigenvalue weighted by Crippen LogP contribution is 2.31. The number of rotatable bonds is 4. The predicted octanol–water partition coefficient (Wildman–Crippen LogP) is 4.30. The van der Waals surface area contributed by atoms with Gasteiger partial charge in [-0.2, -0.15) is 4.37 Å². The monoisotopic (exact) mass is 316 g/mol. The molecule has 0 atom stereocenters. The molecule has 0 spiro atoms. The van der Waals surface area contributed by atoms with Gasteiger partial charge in [0.15, 0.2) is 5.78 Å². The van der Waals surface area contributed by atoms with E-state index < -0.39 is 6.36 Å². The number of ether oxygens (including phenoxy) is 1. The van der Waals surface area contributed by atoms with Crippen molar-refractivity contribution < 1.29 is 22.7 Å². The molecule has 0 aliphatic heterocycles. The first-order valence-electron chi connectivity index (χ1n) is 5.86. The van der Waals surface area contributed by atoms with Crippen LogP contribution in [0.5, 0.6) is 5.75 Å². The second-order valence-electron chi connectivity index (χ2n) is 4.23. The lowest BCUT2D eigenvalue weighted by atomic mass is 10.2. The van der Waals surface area contributed by atoms with E-state index in [2.05, 4.69) is 14.4 Å². The number of carbonyl (C=O) groups excluding carboxylic acids is 1. The van der Waals surface area contributed by atoms with Crippen molar-refractivity contribution in [1.29, 1.82) is 0 Å². The molecule has 0 unspecified atom stereocenters. The zero-order chi connectivity index (χ0) is 15.6. The number of hydrogen-bond donors (Lipinski definition) is 1. The molecule has 0 saturated carbocycles.